The number of rotatable bonds is 5. The molecule has 0 spiro atoms. The molecule has 4 nitrogen and oxygen atoms in total. The lowest BCUT2D eigenvalue weighted by atomic mass is 9.95. The summed E-state index contributed by atoms with van der Waals surface area (Å²) >= 11 is 0. The van der Waals surface area contributed by atoms with Gasteiger partial charge in [0, 0.05) is 5.92 Å². The molecule has 1 aliphatic carbocycles. The van der Waals surface area contributed by atoms with Gasteiger partial charge in [0.05, 0.1) is 5.69 Å². The minimum Gasteiger partial charge on any atom is -0.455 e. The molecule has 0 radical (unpaired) electrons. The zero-order valence-corrected chi connectivity index (χ0v) is 14.0. The maximum atomic E-state index is 12.6. The predicted octanol–water partition coefficient (Wildman–Crippen LogP) is 4.10. The summed E-state index contributed by atoms with van der Waals surface area (Å²) < 4.78 is 5.94. The van der Waals surface area contributed by atoms with Crippen molar-refractivity contribution in [3.8, 4) is 11.5 Å². The second-order valence-corrected chi connectivity index (χ2v) is 6.43. The Bertz CT molecular complexity index is 697. The van der Waals surface area contributed by atoms with E-state index in [0.29, 0.717) is 18.0 Å². The molecule has 0 saturated heterocycles. The summed E-state index contributed by atoms with van der Waals surface area (Å²) in [6.45, 7) is 2.60. The van der Waals surface area contributed by atoms with Crippen LogP contribution in [0.5, 0.6) is 11.5 Å². The zero-order chi connectivity index (χ0) is 16.9. The fourth-order valence-corrected chi connectivity index (χ4v) is 3.28. The van der Waals surface area contributed by atoms with Gasteiger partial charge in [0.25, 0.3) is 0 Å². The lowest BCUT2D eigenvalue weighted by Crippen LogP contribution is -2.29. The predicted molar refractivity (Wildman–Crippen MR) is 96.2 cm³/mol. The summed E-state index contributed by atoms with van der Waals surface area (Å²) in [5, 5.41) is 3.03. The van der Waals surface area contributed by atoms with E-state index >= 15 is 0 Å². The van der Waals surface area contributed by atoms with Crippen LogP contribution in [0.15, 0.2) is 48.5 Å². The molecule has 1 saturated carbocycles. The van der Waals surface area contributed by atoms with E-state index in [1.165, 1.54) is 5.56 Å². The maximum absolute atomic E-state index is 12.6. The molecule has 3 N–H and O–H groups in total. The molecule has 0 aromatic heterocycles. The quantitative estimate of drug-likeness (QED) is 0.870. The number of nitrogens with one attached hydrogen (secondary N) is 1. The second-order valence-electron chi connectivity index (χ2n) is 6.43. The van der Waals surface area contributed by atoms with E-state index in [2.05, 4.69) is 5.32 Å². The van der Waals surface area contributed by atoms with Gasteiger partial charge in [0.15, 0.2) is 5.75 Å². The fourth-order valence-electron chi connectivity index (χ4n) is 3.28. The molecule has 2 atom stereocenters. The third-order valence-corrected chi connectivity index (χ3v) is 4.69. The Morgan fingerprint density at radius 1 is 1.17 bits per heavy atom. The first-order chi connectivity index (χ1) is 11.7. The van der Waals surface area contributed by atoms with Gasteiger partial charge in [-0.3, -0.25) is 4.79 Å². The highest BCUT2D eigenvalue weighted by atomic mass is 16.5. The number of anilines is 1. The monoisotopic (exact) mass is 324 g/mol. The maximum Gasteiger partial charge on any atom is 0.227 e. The number of carbonyl (C=O) groups is 1. The van der Waals surface area contributed by atoms with Gasteiger partial charge >= 0.3 is 0 Å². The average Bonchev–Trinajstić information content (AvgIpc) is 3.07. The number of ether oxygens (including phenoxy) is 1. The van der Waals surface area contributed by atoms with Crippen molar-refractivity contribution in [3.05, 3.63) is 54.1 Å². The van der Waals surface area contributed by atoms with Crippen molar-refractivity contribution < 1.29 is 9.53 Å². The van der Waals surface area contributed by atoms with Gasteiger partial charge in [-0.05, 0) is 56.5 Å². The number of hydrogen-bond acceptors (Lipinski definition) is 3. The van der Waals surface area contributed by atoms with Gasteiger partial charge in [-0.2, -0.15) is 0 Å². The van der Waals surface area contributed by atoms with Crippen LogP contribution in [0.25, 0.3) is 0 Å². The average molecular weight is 324 g/mol. The van der Waals surface area contributed by atoms with E-state index in [1.807, 2.05) is 55.5 Å². The molecule has 126 valence electrons. The Morgan fingerprint density at radius 2 is 1.92 bits per heavy atom. The smallest absolute Gasteiger partial charge is 0.227 e. The molecule has 0 unspecified atom stereocenters. The van der Waals surface area contributed by atoms with Gasteiger partial charge in [-0.25, -0.2) is 0 Å². The van der Waals surface area contributed by atoms with Gasteiger partial charge in [0.2, 0.25) is 5.91 Å². The third kappa shape index (κ3) is 3.77. The SMILES string of the molecule is Cc1ccc(Oc2ccccc2NC(=O)[C@@H]2CCC[C@@H]2CN)cc1. The van der Waals surface area contributed by atoms with Crippen LogP contribution in [-0.4, -0.2) is 12.5 Å². The summed E-state index contributed by atoms with van der Waals surface area (Å²) in [5.74, 6) is 1.74. The van der Waals surface area contributed by atoms with Crippen LogP contribution in [0.2, 0.25) is 0 Å². The van der Waals surface area contributed by atoms with Crippen molar-refractivity contribution in [2.24, 2.45) is 17.6 Å². The van der Waals surface area contributed by atoms with E-state index < -0.39 is 0 Å². The van der Waals surface area contributed by atoms with Gasteiger partial charge in [-0.15, -0.1) is 0 Å². The highest BCUT2D eigenvalue weighted by molar-refractivity contribution is 5.94. The van der Waals surface area contributed by atoms with Crippen LogP contribution in [0, 0.1) is 18.8 Å². The van der Waals surface area contributed by atoms with Crippen LogP contribution in [-0.2, 0) is 4.79 Å². The molecule has 1 aliphatic rings. The number of nitrogens with two attached hydrogens (primary N) is 1. The van der Waals surface area contributed by atoms with Crippen molar-refractivity contribution in [1.82, 2.24) is 0 Å². The molecule has 2 aromatic carbocycles. The molecular formula is C20H24N2O2. The highest BCUT2D eigenvalue weighted by Gasteiger charge is 2.32. The molecule has 24 heavy (non-hydrogen) atoms. The van der Waals surface area contributed by atoms with Gasteiger partial charge in [0.1, 0.15) is 5.75 Å². The summed E-state index contributed by atoms with van der Waals surface area (Å²) in [7, 11) is 0. The van der Waals surface area contributed by atoms with Crippen LogP contribution in [0.1, 0.15) is 24.8 Å². The fraction of sp³-hybridized carbons (Fsp3) is 0.350. The Morgan fingerprint density at radius 3 is 2.67 bits per heavy atom. The Kier molecular flexibility index (Phi) is 5.16. The number of benzene rings is 2. The first-order valence-electron chi connectivity index (χ1n) is 8.52. The van der Waals surface area contributed by atoms with Crippen molar-refractivity contribution in [1.29, 1.82) is 0 Å². The minimum absolute atomic E-state index is 0.00225. The Hall–Kier alpha value is -2.33. The van der Waals surface area contributed by atoms with E-state index in [-0.39, 0.29) is 17.7 Å². The van der Waals surface area contributed by atoms with E-state index in [4.69, 9.17) is 10.5 Å². The van der Waals surface area contributed by atoms with Crippen molar-refractivity contribution >= 4 is 11.6 Å². The number of hydrogen-bond donors (Lipinski definition) is 2. The lowest BCUT2D eigenvalue weighted by molar-refractivity contribution is -0.120. The molecule has 1 fully saturated rings. The number of para-hydroxylation sites is 2. The Labute approximate surface area is 143 Å². The van der Waals surface area contributed by atoms with Crippen molar-refractivity contribution in [2.75, 3.05) is 11.9 Å². The third-order valence-electron chi connectivity index (χ3n) is 4.69. The lowest BCUT2D eigenvalue weighted by Gasteiger charge is -2.19. The Balaban J connectivity index is 1.74. The van der Waals surface area contributed by atoms with Crippen molar-refractivity contribution in [3.63, 3.8) is 0 Å². The second kappa shape index (κ2) is 7.49. The molecule has 3 rings (SSSR count). The van der Waals surface area contributed by atoms with E-state index in [0.717, 1.165) is 25.0 Å². The number of amides is 1. The van der Waals surface area contributed by atoms with Crippen molar-refractivity contribution in [2.45, 2.75) is 26.2 Å². The van der Waals surface area contributed by atoms with Crippen LogP contribution in [0.4, 0.5) is 5.69 Å². The summed E-state index contributed by atoms with van der Waals surface area (Å²) in [5.41, 5.74) is 7.67. The molecular weight excluding hydrogens is 300 g/mol. The minimum atomic E-state index is 0.00225. The first kappa shape index (κ1) is 16.5. The summed E-state index contributed by atoms with van der Waals surface area (Å²) in [4.78, 5) is 12.6. The largest absolute Gasteiger partial charge is 0.455 e. The molecule has 4 heteroatoms. The van der Waals surface area contributed by atoms with E-state index in [9.17, 15) is 4.79 Å². The van der Waals surface area contributed by atoms with Crippen LogP contribution >= 0.6 is 0 Å². The molecule has 1 amide bonds. The van der Waals surface area contributed by atoms with Gasteiger partial charge < -0.3 is 15.8 Å². The highest BCUT2D eigenvalue weighted by Crippen LogP contribution is 2.34. The molecule has 0 bridgehead atoms. The zero-order valence-electron chi connectivity index (χ0n) is 14.0. The normalized spacial score (nSPS) is 19.9. The standard InChI is InChI=1S/C20H24N2O2/c1-14-9-11-16(12-10-14)24-19-8-3-2-7-18(19)22-20(23)17-6-4-5-15(17)13-21/h2-3,7-12,15,17H,4-6,13,21H2,1H3,(H,22,23)/t15-,17-/m1/s1. The summed E-state index contributed by atoms with van der Waals surface area (Å²) in [6, 6.07) is 15.4. The summed E-state index contributed by atoms with van der Waals surface area (Å²) in [6.07, 6.45) is 3.02. The molecule has 0 aliphatic heterocycles. The van der Waals surface area contributed by atoms with Crippen LogP contribution in [0.3, 0.4) is 0 Å². The van der Waals surface area contributed by atoms with E-state index in [1.54, 1.807) is 0 Å². The van der Waals surface area contributed by atoms with Gasteiger partial charge in [-0.1, -0.05) is 36.2 Å². The molecule has 0 heterocycles. The van der Waals surface area contributed by atoms with Crippen LogP contribution < -0.4 is 15.8 Å². The molecule has 2 aromatic rings. The number of carbonyl (C=O) groups excluding carboxylic acids is 1. The first-order valence-corrected chi connectivity index (χ1v) is 8.52. The number of aryl methyl sites for hydroxylation is 1. The topological polar surface area (TPSA) is 64.3 Å².